The lowest BCUT2D eigenvalue weighted by atomic mass is 10.0. The molecule has 0 N–H and O–H groups in total. The fraction of sp³-hybridized carbons (Fsp3) is 0.250. The predicted octanol–water partition coefficient (Wildman–Crippen LogP) is 2.95. The minimum absolute atomic E-state index is 0.161. The molecule has 27 heavy (non-hydrogen) atoms. The SMILES string of the molecule is COC(=O)C(C)(C)N1C(=O)c2ccc(OCc3ccc(F)cc3)cc2C1=O. The van der Waals surface area contributed by atoms with Crippen molar-refractivity contribution in [2.75, 3.05) is 7.11 Å². The van der Waals surface area contributed by atoms with Gasteiger partial charge in [0.2, 0.25) is 0 Å². The first-order valence-corrected chi connectivity index (χ1v) is 8.24. The predicted molar refractivity (Wildman–Crippen MR) is 93.8 cm³/mol. The van der Waals surface area contributed by atoms with Crippen LogP contribution < -0.4 is 4.74 Å². The average Bonchev–Trinajstić information content (AvgIpc) is 2.91. The summed E-state index contributed by atoms with van der Waals surface area (Å²) in [4.78, 5) is 38.2. The van der Waals surface area contributed by atoms with E-state index in [9.17, 15) is 18.8 Å². The Bertz CT molecular complexity index is 920. The van der Waals surface area contributed by atoms with Gasteiger partial charge in [0.25, 0.3) is 11.8 Å². The topological polar surface area (TPSA) is 72.9 Å². The molecule has 1 aliphatic heterocycles. The Morgan fingerprint density at radius 3 is 2.30 bits per heavy atom. The monoisotopic (exact) mass is 371 g/mol. The van der Waals surface area contributed by atoms with Crippen LogP contribution in [0.2, 0.25) is 0 Å². The van der Waals surface area contributed by atoms with Crippen molar-refractivity contribution >= 4 is 17.8 Å². The first-order chi connectivity index (χ1) is 12.8. The zero-order valence-corrected chi connectivity index (χ0v) is 15.1. The van der Waals surface area contributed by atoms with Crippen LogP contribution in [0.5, 0.6) is 5.75 Å². The van der Waals surface area contributed by atoms with E-state index in [0.717, 1.165) is 10.5 Å². The van der Waals surface area contributed by atoms with Gasteiger partial charge in [0, 0.05) is 0 Å². The number of amides is 2. The number of rotatable bonds is 5. The van der Waals surface area contributed by atoms with E-state index in [0.29, 0.717) is 5.75 Å². The molecular weight excluding hydrogens is 353 g/mol. The Morgan fingerprint density at radius 1 is 1.04 bits per heavy atom. The fourth-order valence-electron chi connectivity index (χ4n) is 2.91. The van der Waals surface area contributed by atoms with Gasteiger partial charge in [0.05, 0.1) is 18.2 Å². The molecule has 0 fully saturated rings. The van der Waals surface area contributed by atoms with Gasteiger partial charge in [-0.25, -0.2) is 9.18 Å². The third-order valence-corrected chi connectivity index (χ3v) is 4.42. The molecule has 0 atom stereocenters. The van der Waals surface area contributed by atoms with Gasteiger partial charge in [-0.3, -0.25) is 14.5 Å². The number of ether oxygens (including phenoxy) is 2. The van der Waals surface area contributed by atoms with Crippen molar-refractivity contribution < 1.29 is 28.2 Å². The van der Waals surface area contributed by atoms with Gasteiger partial charge < -0.3 is 9.47 Å². The fourth-order valence-corrected chi connectivity index (χ4v) is 2.91. The first kappa shape index (κ1) is 18.6. The largest absolute Gasteiger partial charge is 0.489 e. The standard InChI is InChI=1S/C20H18FNO5/c1-20(2,19(25)26-3)22-17(23)15-9-8-14(10-16(15)18(22)24)27-11-12-4-6-13(21)7-5-12/h4-10H,11H2,1-3H3. The summed E-state index contributed by atoms with van der Waals surface area (Å²) in [6, 6.07) is 10.4. The van der Waals surface area contributed by atoms with E-state index in [4.69, 9.17) is 9.47 Å². The first-order valence-electron chi connectivity index (χ1n) is 8.24. The van der Waals surface area contributed by atoms with Crippen LogP contribution in [-0.4, -0.2) is 35.3 Å². The van der Waals surface area contributed by atoms with Crippen molar-refractivity contribution in [2.24, 2.45) is 0 Å². The summed E-state index contributed by atoms with van der Waals surface area (Å²) < 4.78 is 23.3. The van der Waals surface area contributed by atoms with E-state index in [-0.39, 0.29) is 23.6 Å². The maximum absolute atomic E-state index is 12.9. The lowest BCUT2D eigenvalue weighted by Crippen LogP contribution is -2.53. The van der Waals surface area contributed by atoms with Crippen LogP contribution in [0.3, 0.4) is 0 Å². The smallest absolute Gasteiger partial charge is 0.331 e. The highest BCUT2D eigenvalue weighted by atomic mass is 19.1. The number of esters is 1. The zero-order valence-electron chi connectivity index (χ0n) is 15.1. The number of carbonyl (C=O) groups is 3. The second-order valence-electron chi connectivity index (χ2n) is 6.62. The van der Waals surface area contributed by atoms with Gasteiger partial charge in [-0.15, -0.1) is 0 Å². The van der Waals surface area contributed by atoms with Gasteiger partial charge in [-0.1, -0.05) is 12.1 Å². The van der Waals surface area contributed by atoms with Crippen LogP contribution >= 0.6 is 0 Å². The van der Waals surface area contributed by atoms with E-state index in [2.05, 4.69) is 0 Å². The quantitative estimate of drug-likeness (QED) is 0.597. The zero-order chi connectivity index (χ0) is 19.8. The molecule has 1 aliphatic rings. The van der Waals surface area contributed by atoms with E-state index in [1.165, 1.54) is 45.2 Å². The van der Waals surface area contributed by atoms with Crippen LogP contribution in [0.1, 0.15) is 40.1 Å². The van der Waals surface area contributed by atoms with Gasteiger partial charge >= 0.3 is 5.97 Å². The minimum Gasteiger partial charge on any atom is -0.489 e. The molecule has 0 aromatic heterocycles. The lowest BCUT2D eigenvalue weighted by molar-refractivity contribution is -0.150. The van der Waals surface area contributed by atoms with Gasteiger partial charge in [-0.2, -0.15) is 0 Å². The number of carbonyl (C=O) groups excluding carboxylic acids is 3. The van der Waals surface area contributed by atoms with Crippen LogP contribution in [-0.2, 0) is 16.1 Å². The summed E-state index contributed by atoms with van der Waals surface area (Å²) in [5.41, 5.74) is -0.315. The Labute approximate surface area is 155 Å². The maximum Gasteiger partial charge on any atom is 0.331 e. The Kier molecular flexibility index (Phi) is 4.70. The number of hydrogen-bond acceptors (Lipinski definition) is 5. The van der Waals surface area contributed by atoms with Crippen molar-refractivity contribution in [1.29, 1.82) is 0 Å². The third kappa shape index (κ3) is 3.28. The molecule has 0 aliphatic carbocycles. The molecule has 0 unspecified atom stereocenters. The number of halogens is 1. The van der Waals surface area contributed by atoms with Crippen molar-refractivity contribution in [3.05, 3.63) is 65.0 Å². The summed E-state index contributed by atoms with van der Waals surface area (Å²) in [6.45, 7) is 3.08. The molecule has 0 spiro atoms. The number of methoxy groups -OCH3 is 1. The van der Waals surface area contributed by atoms with Crippen LogP contribution in [0.25, 0.3) is 0 Å². The lowest BCUT2D eigenvalue weighted by Gasteiger charge is -2.30. The molecule has 2 amide bonds. The van der Waals surface area contributed by atoms with E-state index >= 15 is 0 Å². The molecule has 6 nitrogen and oxygen atoms in total. The Balaban J connectivity index is 1.83. The normalized spacial score (nSPS) is 13.6. The molecule has 0 bridgehead atoms. The van der Waals surface area contributed by atoms with Crippen molar-refractivity contribution in [3.63, 3.8) is 0 Å². The van der Waals surface area contributed by atoms with Crippen molar-refractivity contribution in [2.45, 2.75) is 26.0 Å². The molecule has 0 saturated carbocycles. The van der Waals surface area contributed by atoms with Crippen LogP contribution in [0, 0.1) is 5.82 Å². The summed E-state index contributed by atoms with van der Waals surface area (Å²) in [6.07, 6.45) is 0. The molecule has 0 radical (unpaired) electrons. The van der Waals surface area contributed by atoms with E-state index in [1.807, 2.05) is 0 Å². The van der Waals surface area contributed by atoms with Crippen molar-refractivity contribution in [3.8, 4) is 5.75 Å². The van der Waals surface area contributed by atoms with E-state index < -0.39 is 23.3 Å². The Hall–Kier alpha value is -3.22. The minimum atomic E-state index is -1.43. The number of hydrogen-bond donors (Lipinski definition) is 0. The highest BCUT2D eigenvalue weighted by Crippen LogP contribution is 2.32. The second kappa shape index (κ2) is 6.83. The number of fused-ring (bicyclic) bond motifs is 1. The number of benzene rings is 2. The number of imide groups is 1. The highest BCUT2D eigenvalue weighted by molar-refractivity contribution is 6.23. The maximum atomic E-state index is 12.9. The molecule has 3 rings (SSSR count). The second-order valence-corrected chi connectivity index (χ2v) is 6.62. The molecule has 2 aromatic rings. The Morgan fingerprint density at radius 2 is 1.67 bits per heavy atom. The summed E-state index contributed by atoms with van der Waals surface area (Å²) in [5.74, 6) is -1.79. The van der Waals surface area contributed by atoms with Crippen LogP contribution in [0.4, 0.5) is 4.39 Å². The molecule has 0 saturated heterocycles. The molecule has 2 aromatic carbocycles. The molecular formula is C20H18FNO5. The van der Waals surface area contributed by atoms with Gasteiger partial charge in [0.15, 0.2) is 0 Å². The summed E-state index contributed by atoms with van der Waals surface area (Å²) in [5, 5.41) is 0. The van der Waals surface area contributed by atoms with Gasteiger partial charge in [0.1, 0.15) is 23.7 Å². The third-order valence-electron chi connectivity index (χ3n) is 4.42. The average molecular weight is 371 g/mol. The molecule has 1 heterocycles. The van der Waals surface area contributed by atoms with E-state index in [1.54, 1.807) is 18.2 Å². The van der Waals surface area contributed by atoms with Crippen LogP contribution in [0.15, 0.2) is 42.5 Å². The molecule has 140 valence electrons. The number of nitrogens with zero attached hydrogens (tertiary/aromatic N) is 1. The molecule has 7 heteroatoms. The van der Waals surface area contributed by atoms with Gasteiger partial charge in [-0.05, 0) is 49.7 Å². The van der Waals surface area contributed by atoms with Crippen molar-refractivity contribution in [1.82, 2.24) is 4.90 Å². The summed E-state index contributed by atoms with van der Waals surface area (Å²) >= 11 is 0. The highest BCUT2D eigenvalue weighted by Gasteiger charge is 2.48. The summed E-state index contributed by atoms with van der Waals surface area (Å²) in [7, 11) is 1.20.